The molecular weight excluding hydrogens is 164 g/mol. The van der Waals surface area contributed by atoms with Crippen LogP contribution in [0.25, 0.3) is 0 Å². The second kappa shape index (κ2) is 4.59. The van der Waals surface area contributed by atoms with Crippen molar-refractivity contribution in [1.82, 2.24) is 5.32 Å². The Morgan fingerprint density at radius 2 is 1.85 bits per heavy atom. The van der Waals surface area contributed by atoms with Crippen LogP contribution in [0.4, 0.5) is 0 Å². The van der Waals surface area contributed by atoms with E-state index in [1.54, 1.807) is 13.8 Å². The average Bonchev–Trinajstić information content (AvgIpc) is 1.96. The van der Waals surface area contributed by atoms with Crippen LogP contribution in [0.1, 0.15) is 40.5 Å². The summed E-state index contributed by atoms with van der Waals surface area (Å²) < 4.78 is 0. The highest BCUT2D eigenvalue weighted by molar-refractivity contribution is 4.93. The fourth-order valence-electron chi connectivity index (χ4n) is 0.785. The third-order valence-corrected chi connectivity index (χ3v) is 2.56. The Labute approximate surface area is 80.8 Å². The number of nitrogens with one attached hydrogen (secondary N) is 1. The third kappa shape index (κ3) is 4.25. The Hall–Kier alpha value is -0.590. The summed E-state index contributed by atoms with van der Waals surface area (Å²) in [5.41, 5.74) is -1.07. The maximum absolute atomic E-state index is 9.77. The predicted molar refractivity (Wildman–Crippen MR) is 53.2 cm³/mol. The third-order valence-electron chi connectivity index (χ3n) is 2.56. The molecule has 0 fully saturated rings. The lowest BCUT2D eigenvalue weighted by Crippen LogP contribution is -2.56. The van der Waals surface area contributed by atoms with Crippen LogP contribution in [0.2, 0.25) is 0 Å². The van der Waals surface area contributed by atoms with Crippen molar-refractivity contribution in [2.45, 2.75) is 51.7 Å². The molecule has 0 aromatic carbocycles. The summed E-state index contributed by atoms with van der Waals surface area (Å²) in [6, 6.07) is 2.09. The smallest absolute Gasteiger partial charge is 0.0767 e. The first kappa shape index (κ1) is 12.4. The van der Waals surface area contributed by atoms with Gasteiger partial charge in [-0.2, -0.15) is 5.26 Å². The van der Waals surface area contributed by atoms with Crippen molar-refractivity contribution in [3.8, 4) is 6.07 Å². The van der Waals surface area contributed by atoms with Crippen molar-refractivity contribution < 1.29 is 5.11 Å². The molecule has 0 heterocycles. The summed E-state index contributed by atoms with van der Waals surface area (Å²) >= 11 is 0. The molecule has 3 heteroatoms. The fraction of sp³-hybridized carbons (Fsp3) is 0.900. The zero-order valence-corrected chi connectivity index (χ0v) is 9.02. The lowest BCUT2D eigenvalue weighted by Gasteiger charge is -2.38. The fourth-order valence-corrected chi connectivity index (χ4v) is 0.785. The van der Waals surface area contributed by atoms with E-state index >= 15 is 0 Å². The lowest BCUT2D eigenvalue weighted by atomic mass is 9.86. The molecule has 0 aromatic rings. The Bertz CT molecular complexity index is 186. The van der Waals surface area contributed by atoms with Gasteiger partial charge in [-0.1, -0.05) is 0 Å². The molecule has 0 aliphatic rings. The molecule has 13 heavy (non-hydrogen) atoms. The molecule has 0 unspecified atom stereocenters. The van der Waals surface area contributed by atoms with Gasteiger partial charge in [0.2, 0.25) is 0 Å². The van der Waals surface area contributed by atoms with Gasteiger partial charge in [0.15, 0.2) is 0 Å². The van der Waals surface area contributed by atoms with Gasteiger partial charge in [-0.05, 0) is 40.7 Å². The molecule has 0 radical (unpaired) electrons. The van der Waals surface area contributed by atoms with Gasteiger partial charge in [0.25, 0.3) is 0 Å². The highest BCUT2D eigenvalue weighted by atomic mass is 16.3. The minimum Gasteiger partial charge on any atom is -0.389 e. The van der Waals surface area contributed by atoms with Gasteiger partial charge in [0.05, 0.1) is 11.7 Å². The summed E-state index contributed by atoms with van der Waals surface area (Å²) in [4.78, 5) is 0. The summed E-state index contributed by atoms with van der Waals surface area (Å²) in [5.74, 6) is 0. The quantitative estimate of drug-likeness (QED) is 0.635. The molecule has 0 amide bonds. The molecule has 0 aliphatic heterocycles. The number of nitriles is 1. The summed E-state index contributed by atoms with van der Waals surface area (Å²) in [5, 5.41) is 21.3. The van der Waals surface area contributed by atoms with Gasteiger partial charge in [0.1, 0.15) is 0 Å². The molecule has 3 nitrogen and oxygen atoms in total. The number of aliphatic hydroxyl groups is 1. The SMILES string of the molecule is CC(C)(O)C(C)(C)NCCCC#N. The second-order valence-corrected chi connectivity index (χ2v) is 4.37. The lowest BCUT2D eigenvalue weighted by molar-refractivity contribution is -0.00430. The van der Waals surface area contributed by atoms with Crippen LogP contribution in [0.5, 0.6) is 0 Å². The number of nitrogens with zero attached hydrogens (tertiary/aromatic N) is 1. The molecule has 0 aliphatic carbocycles. The van der Waals surface area contributed by atoms with Crippen molar-refractivity contribution in [1.29, 1.82) is 5.26 Å². The number of hydrogen-bond acceptors (Lipinski definition) is 3. The second-order valence-electron chi connectivity index (χ2n) is 4.37. The van der Waals surface area contributed by atoms with E-state index in [1.165, 1.54) is 0 Å². The minimum absolute atomic E-state index is 0.317. The van der Waals surface area contributed by atoms with Crippen LogP contribution in [0.15, 0.2) is 0 Å². The minimum atomic E-state index is -0.750. The molecule has 0 saturated carbocycles. The van der Waals surface area contributed by atoms with E-state index < -0.39 is 5.60 Å². The molecule has 0 spiro atoms. The number of rotatable bonds is 5. The van der Waals surface area contributed by atoms with E-state index in [0.717, 1.165) is 13.0 Å². The first-order valence-electron chi connectivity index (χ1n) is 4.65. The maximum Gasteiger partial charge on any atom is 0.0767 e. The monoisotopic (exact) mass is 184 g/mol. The molecule has 0 bridgehead atoms. The highest BCUT2D eigenvalue weighted by Gasteiger charge is 2.33. The molecule has 0 saturated heterocycles. The van der Waals surface area contributed by atoms with Crippen molar-refractivity contribution >= 4 is 0 Å². The predicted octanol–water partition coefficient (Wildman–Crippen LogP) is 1.43. The molecule has 0 rings (SSSR count). The zero-order chi connectivity index (χ0) is 10.5. The first-order valence-corrected chi connectivity index (χ1v) is 4.65. The van der Waals surface area contributed by atoms with Gasteiger partial charge in [0, 0.05) is 12.0 Å². The topological polar surface area (TPSA) is 56.0 Å². The summed E-state index contributed by atoms with van der Waals surface area (Å²) in [6.45, 7) is 8.25. The standard InChI is InChI=1S/C10H20N2O/c1-9(2,10(3,4)13)12-8-6-5-7-11/h12-13H,5-6,8H2,1-4H3. The molecule has 0 aromatic heterocycles. The van der Waals surface area contributed by atoms with Crippen LogP contribution in [0.3, 0.4) is 0 Å². The van der Waals surface area contributed by atoms with E-state index in [-0.39, 0.29) is 5.54 Å². The number of unbranched alkanes of at least 4 members (excludes halogenated alkanes) is 1. The van der Waals surface area contributed by atoms with E-state index in [9.17, 15) is 5.11 Å². The zero-order valence-electron chi connectivity index (χ0n) is 9.02. The average molecular weight is 184 g/mol. The Morgan fingerprint density at radius 3 is 2.23 bits per heavy atom. The van der Waals surface area contributed by atoms with Gasteiger partial charge in [-0.15, -0.1) is 0 Å². The van der Waals surface area contributed by atoms with E-state index in [1.807, 2.05) is 13.8 Å². The van der Waals surface area contributed by atoms with Crippen LogP contribution in [-0.2, 0) is 0 Å². The molecule has 0 atom stereocenters. The van der Waals surface area contributed by atoms with Crippen LogP contribution < -0.4 is 5.32 Å². The van der Waals surface area contributed by atoms with Gasteiger partial charge < -0.3 is 10.4 Å². The number of hydrogen-bond donors (Lipinski definition) is 2. The van der Waals surface area contributed by atoms with E-state index in [2.05, 4.69) is 11.4 Å². The van der Waals surface area contributed by atoms with Crippen LogP contribution >= 0.6 is 0 Å². The highest BCUT2D eigenvalue weighted by Crippen LogP contribution is 2.20. The van der Waals surface area contributed by atoms with Crippen LogP contribution in [-0.4, -0.2) is 22.8 Å². The Kier molecular flexibility index (Phi) is 4.38. The van der Waals surface area contributed by atoms with Gasteiger partial charge >= 0.3 is 0 Å². The van der Waals surface area contributed by atoms with E-state index in [4.69, 9.17) is 5.26 Å². The molecular formula is C10H20N2O. The summed E-state index contributed by atoms with van der Waals surface area (Å²) in [7, 11) is 0. The summed E-state index contributed by atoms with van der Waals surface area (Å²) in [6.07, 6.45) is 1.39. The maximum atomic E-state index is 9.77. The van der Waals surface area contributed by atoms with Crippen molar-refractivity contribution in [3.63, 3.8) is 0 Å². The van der Waals surface area contributed by atoms with Crippen LogP contribution in [0, 0.1) is 11.3 Å². The molecule has 76 valence electrons. The molecule has 2 N–H and O–H groups in total. The Balaban J connectivity index is 3.85. The van der Waals surface area contributed by atoms with Gasteiger partial charge in [-0.25, -0.2) is 0 Å². The van der Waals surface area contributed by atoms with E-state index in [0.29, 0.717) is 6.42 Å². The van der Waals surface area contributed by atoms with Crippen molar-refractivity contribution in [2.75, 3.05) is 6.54 Å². The van der Waals surface area contributed by atoms with Crippen molar-refractivity contribution in [3.05, 3.63) is 0 Å². The largest absolute Gasteiger partial charge is 0.389 e. The normalized spacial score (nSPS) is 12.6. The Morgan fingerprint density at radius 1 is 1.31 bits per heavy atom. The van der Waals surface area contributed by atoms with Crippen molar-refractivity contribution in [2.24, 2.45) is 0 Å². The first-order chi connectivity index (χ1) is 5.81. The van der Waals surface area contributed by atoms with Gasteiger partial charge in [-0.3, -0.25) is 0 Å².